The van der Waals surface area contributed by atoms with Gasteiger partial charge in [-0.25, -0.2) is 8.42 Å². The third-order valence-electron chi connectivity index (χ3n) is 5.43. The van der Waals surface area contributed by atoms with Gasteiger partial charge in [0.15, 0.2) is 0 Å². The highest BCUT2D eigenvalue weighted by atomic mass is 127. The first kappa shape index (κ1) is 18.8. The van der Waals surface area contributed by atoms with Crippen LogP contribution in [0.3, 0.4) is 0 Å². The molecule has 1 aliphatic rings. The van der Waals surface area contributed by atoms with Crippen molar-refractivity contribution in [3.63, 3.8) is 0 Å². The summed E-state index contributed by atoms with van der Waals surface area (Å²) in [5, 5.41) is 0.943. The number of aromatic nitrogens is 1. The van der Waals surface area contributed by atoms with Gasteiger partial charge in [0.25, 0.3) is 0 Å². The number of rotatable bonds is 3. The number of likely N-dealkylation sites (tertiary alicyclic amines) is 1. The Balaban J connectivity index is 1.79. The van der Waals surface area contributed by atoms with Gasteiger partial charge in [0.05, 0.1) is 15.3 Å². The van der Waals surface area contributed by atoms with Crippen molar-refractivity contribution in [3.8, 4) is 0 Å². The van der Waals surface area contributed by atoms with Crippen LogP contribution in [0, 0.1) is 3.57 Å². The maximum atomic E-state index is 13.1. The summed E-state index contributed by atoms with van der Waals surface area (Å²) in [6, 6.07) is 12.2. The van der Waals surface area contributed by atoms with Crippen LogP contribution in [0.2, 0.25) is 0 Å². The van der Waals surface area contributed by atoms with Crippen LogP contribution in [0.4, 0.5) is 0 Å². The molecule has 4 rings (SSSR count). The van der Waals surface area contributed by atoms with E-state index in [9.17, 15) is 8.42 Å². The second kappa shape index (κ2) is 7.10. The van der Waals surface area contributed by atoms with Gasteiger partial charge in [-0.2, -0.15) is 0 Å². The van der Waals surface area contributed by atoms with Gasteiger partial charge in [-0.1, -0.05) is 0 Å². The second-order valence-electron chi connectivity index (χ2n) is 7.21. The Morgan fingerprint density at radius 1 is 1.04 bits per heavy atom. The Morgan fingerprint density at radius 2 is 1.67 bits per heavy atom. The van der Waals surface area contributed by atoms with Gasteiger partial charge in [-0.05, 0) is 110 Å². The number of benzene rings is 2. The number of hydrogen-bond acceptors (Lipinski definition) is 4. The van der Waals surface area contributed by atoms with Gasteiger partial charge in [0.2, 0.25) is 9.84 Å². The highest BCUT2D eigenvalue weighted by Crippen LogP contribution is 2.35. The molecule has 3 aromatic rings. The first-order valence-electron chi connectivity index (χ1n) is 8.95. The average Bonchev–Trinajstić information content (AvgIpc) is 2.99. The van der Waals surface area contributed by atoms with E-state index in [1.165, 1.54) is 0 Å². The molecule has 1 saturated heterocycles. The first-order chi connectivity index (χ1) is 12.9. The van der Waals surface area contributed by atoms with Gasteiger partial charge < -0.3 is 10.7 Å². The van der Waals surface area contributed by atoms with Crippen molar-refractivity contribution in [2.75, 3.05) is 26.0 Å². The van der Waals surface area contributed by atoms with E-state index in [1.54, 1.807) is 28.9 Å². The molecular weight excluding hydrogens is 473 g/mol. The molecule has 27 heavy (non-hydrogen) atoms. The number of fused-ring (bicyclic) bond motifs is 1. The molecule has 0 aliphatic carbocycles. The molecule has 0 amide bonds. The van der Waals surface area contributed by atoms with Crippen LogP contribution in [0.15, 0.2) is 58.5 Å². The third kappa shape index (κ3) is 3.48. The molecule has 5 nitrogen and oxygen atoms in total. The molecule has 0 spiro atoms. The lowest BCUT2D eigenvalue weighted by molar-refractivity contribution is 0.256. The summed E-state index contributed by atoms with van der Waals surface area (Å²) in [5.74, 6) is 6.56. The Morgan fingerprint density at radius 3 is 2.33 bits per heavy atom. The fourth-order valence-corrected chi connectivity index (χ4v) is 5.47. The van der Waals surface area contributed by atoms with Gasteiger partial charge in [-0.3, -0.25) is 4.68 Å². The van der Waals surface area contributed by atoms with E-state index in [-0.39, 0.29) is 0 Å². The Labute approximate surface area is 173 Å². The van der Waals surface area contributed by atoms with Crippen LogP contribution in [0.5, 0.6) is 0 Å². The van der Waals surface area contributed by atoms with Crippen LogP contribution < -0.4 is 5.84 Å². The number of sulfone groups is 1. The minimum atomic E-state index is -3.56. The van der Waals surface area contributed by atoms with Crippen molar-refractivity contribution in [3.05, 3.63) is 57.8 Å². The van der Waals surface area contributed by atoms with Gasteiger partial charge in [0, 0.05) is 15.2 Å². The molecule has 142 valence electrons. The molecular formula is C20H22IN3O2S. The summed E-state index contributed by atoms with van der Waals surface area (Å²) in [4.78, 5) is 2.96. The van der Waals surface area contributed by atoms with Crippen molar-refractivity contribution in [2.45, 2.75) is 28.6 Å². The summed E-state index contributed by atoms with van der Waals surface area (Å²) in [7, 11) is -1.42. The molecule has 0 unspecified atom stereocenters. The zero-order valence-electron chi connectivity index (χ0n) is 15.1. The van der Waals surface area contributed by atoms with E-state index in [4.69, 9.17) is 5.84 Å². The van der Waals surface area contributed by atoms with Crippen LogP contribution >= 0.6 is 22.6 Å². The first-order valence-corrected chi connectivity index (χ1v) is 11.5. The van der Waals surface area contributed by atoms with Crippen LogP contribution in [-0.2, 0) is 9.84 Å². The van der Waals surface area contributed by atoms with E-state index < -0.39 is 9.84 Å². The normalized spacial score (nSPS) is 16.8. The molecule has 2 heterocycles. The monoisotopic (exact) mass is 495 g/mol. The lowest BCUT2D eigenvalue weighted by atomic mass is 9.89. The van der Waals surface area contributed by atoms with E-state index in [0.717, 1.165) is 46.0 Å². The molecule has 1 fully saturated rings. The third-order valence-corrected chi connectivity index (χ3v) is 7.91. The van der Waals surface area contributed by atoms with E-state index in [0.29, 0.717) is 15.7 Å². The summed E-state index contributed by atoms with van der Waals surface area (Å²) < 4.78 is 28.8. The Hall–Kier alpha value is -1.58. The van der Waals surface area contributed by atoms with Gasteiger partial charge in [0.1, 0.15) is 0 Å². The largest absolute Gasteiger partial charge is 0.339 e. The minimum absolute atomic E-state index is 0.315. The SMILES string of the molecule is CN1CCC(c2cn(N)c3ccc(S(=O)(=O)c4ccc(I)cc4)cc23)CC1. The van der Waals surface area contributed by atoms with Crippen molar-refractivity contribution in [2.24, 2.45) is 0 Å². The fraction of sp³-hybridized carbons (Fsp3) is 0.300. The zero-order valence-corrected chi connectivity index (χ0v) is 18.1. The molecule has 1 aliphatic heterocycles. The number of piperidine rings is 1. The average molecular weight is 495 g/mol. The number of nitrogen functional groups attached to an aromatic ring is 1. The van der Waals surface area contributed by atoms with E-state index in [1.807, 2.05) is 24.4 Å². The standard InChI is InChI=1S/C20H22IN3O2S/c1-23-10-8-14(9-11-23)19-13-24(22)20-7-6-17(12-18(19)20)27(25,26)16-4-2-15(21)3-5-16/h2-7,12-14H,8-11,22H2,1H3. The van der Waals surface area contributed by atoms with Crippen LogP contribution in [0.1, 0.15) is 24.3 Å². The minimum Gasteiger partial charge on any atom is -0.339 e. The van der Waals surface area contributed by atoms with Crippen molar-refractivity contribution in [1.29, 1.82) is 0 Å². The van der Waals surface area contributed by atoms with Gasteiger partial charge >= 0.3 is 0 Å². The molecule has 0 radical (unpaired) electrons. The fourth-order valence-electron chi connectivity index (χ4n) is 3.82. The molecule has 0 bridgehead atoms. The highest BCUT2D eigenvalue weighted by molar-refractivity contribution is 14.1. The zero-order chi connectivity index (χ0) is 19.2. The number of hydrogen-bond donors (Lipinski definition) is 1. The summed E-state index contributed by atoms with van der Waals surface area (Å²) in [5.41, 5.74) is 2.02. The molecule has 2 aromatic carbocycles. The predicted octanol–water partition coefficient (Wildman–Crippen LogP) is 3.60. The number of nitrogens with zero attached hydrogens (tertiary/aromatic N) is 2. The van der Waals surface area contributed by atoms with E-state index >= 15 is 0 Å². The Bertz CT molecular complexity index is 1080. The quantitative estimate of drug-likeness (QED) is 0.446. The lowest BCUT2D eigenvalue weighted by Crippen LogP contribution is -2.29. The van der Waals surface area contributed by atoms with E-state index in [2.05, 4.69) is 34.5 Å². The molecule has 0 saturated carbocycles. The van der Waals surface area contributed by atoms with Crippen molar-refractivity contribution >= 4 is 43.3 Å². The van der Waals surface area contributed by atoms with Crippen LogP contribution in [0.25, 0.3) is 10.9 Å². The lowest BCUT2D eigenvalue weighted by Gasteiger charge is -2.28. The van der Waals surface area contributed by atoms with Crippen molar-refractivity contribution in [1.82, 2.24) is 9.58 Å². The maximum absolute atomic E-state index is 13.1. The molecule has 0 atom stereocenters. The van der Waals surface area contributed by atoms with Gasteiger partial charge in [-0.15, -0.1) is 0 Å². The van der Waals surface area contributed by atoms with Crippen molar-refractivity contribution < 1.29 is 8.42 Å². The highest BCUT2D eigenvalue weighted by Gasteiger charge is 2.24. The summed E-state index contributed by atoms with van der Waals surface area (Å²) in [6.45, 7) is 2.09. The van der Waals surface area contributed by atoms with Crippen LogP contribution in [-0.4, -0.2) is 38.1 Å². The summed E-state index contributed by atoms with van der Waals surface area (Å²) in [6.07, 6.45) is 4.08. The molecule has 2 N–H and O–H groups in total. The molecule has 1 aromatic heterocycles. The number of nitrogens with two attached hydrogens (primary N) is 1. The topological polar surface area (TPSA) is 68.3 Å². The smallest absolute Gasteiger partial charge is 0.206 e. The maximum Gasteiger partial charge on any atom is 0.206 e. The second-order valence-corrected chi connectivity index (χ2v) is 10.4. The predicted molar refractivity (Wildman–Crippen MR) is 116 cm³/mol. The molecule has 7 heteroatoms. The number of halogens is 1. The summed E-state index contributed by atoms with van der Waals surface area (Å²) >= 11 is 2.17. The Kier molecular flexibility index (Phi) is 4.94.